The smallest absolute Gasteiger partial charge is 0.227 e. The number of hydrogen-bond donors (Lipinski definition) is 3. The van der Waals surface area contributed by atoms with Crippen LogP contribution in [0.5, 0.6) is 0 Å². The summed E-state index contributed by atoms with van der Waals surface area (Å²) in [6.45, 7) is 9.29. The van der Waals surface area contributed by atoms with Gasteiger partial charge in [0, 0.05) is 32.8 Å². The molecule has 0 atom stereocenters. The molecule has 0 aliphatic carbocycles. The topological polar surface area (TPSA) is 81.7 Å². The number of aromatic nitrogens is 1. The van der Waals surface area contributed by atoms with Gasteiger partial charge in [-0.3, -0.25) is 9.79 Å². The van der Waals surface area contributed by atoms with Crippen molar-refractivity contribution in [1.82, 2.24) is 20.5 Å². The first kappa shape index (κ1) is 21.2. The SMILES string of the molecule is CN=C(NCCCN1CCC(C)CC1)NCCC(=O)Nc1ccc(C)cn1. The van der Waals surface area contributed by atoms with Gasteiger partial charge in [-0.25, -0.2) is 4.98 Å². The third kappa shape index (κ3) is 8.39. The number of likely N-dealkylation sites (tertiary alicyclic amines) is 1. The van der Waals surface area contributed by atoms with Crippen LogP contribution >= 0.6 is 0 Å². The van der Waals surface area contributed by atoms with Crippen LogP contribution in [0.3, 0.4) is 0 Å². The molecule has 0 radical (unpaired) electrons. The lowest BCUT2D eigenvalue weighted by Crippen LogP contribution is -2.40. The van der Waals surface area contributed by atoms with Crippen molar-refractivity contribution in [3.05, 3.63) is 23.9 Å². The number of carbonyl (C=O) groups excluding carboxylic acids is 1. The molecule has 1 amide bonds. The molecule has 1 aliphatic heterocycles. The molecule has 1 aromatic heterocycles. The number of guanidine groups is 1. The lowest BCUT2D eigenvalue weighted by molar-refractivity contribution is -0.116. The van der Waals surface area contributed by atoms with Gasteiger partial charge in [0.15, 0.2) is 5.96 Å². The fourth-order valence-electron chi connectivity index (χ4n) is 3.06. The number of anilines is 1. The Balaban J connectivity index is 1.55. The van der Waals surface area contributed by atoms with Gasteiger partial charge in [-0.1, -0.05) is 13.0 Å². The first-order valence-corrected chi connectivity index (χ1v) is 9.96. The molecule has 0 aromatic carbocycles. The van der Waals surface area contributed by atoms with Gasteiger partial charge in [0.25, 0.3) is 0 Å². The number of aryl methyl sites for hydroxylation is 1. The fraction of sp³-hybridized carbons (Fsp3) is 0.650. The van der Waals surface area contributed by atoms with E-state index in [0.29, 0.717) is 18.8 Å². The van der Waals surface area contributed by atoms with Crippen LogP contribution in [0.1, 0.15) is 38.2 Å². The number of nitrogens with one attached hydrogen (secondary N) is 3. The summed E-state index contributed by atoms with van der Waals surface area (Å²) in [6, 6.07) is 3.74. The van der Waals surface area contributed by atoms with Gasteiger partial charge in [0.1, 0.15) is 5.82 Å². The Morgan fingerprint density at radius 1 is 1.26 bits per heavy atom. The minimum absolute atomic E-state index is 0.0615. The van der Waals surface area contributed by atoms with Crippen molar-refractivity contribution in [1.29, 1.82) is 0 Å². The van der Waals surface area contributed by atoms with E-state index in [4.69, 9.17) is 0 Å². The van der Waals surface area contributed by atoms with Crippen molar-refractivity contribution in [2.24, 2.45) is 10.9 Å². The number of aliphatic imine (C=N–C) groups is 1. The van der Waals surface area contributed by atoms with E-state index >= 15 is 0 Å². The highest BCUT2D eigenvalue weighted by atomic mass is 16.1. The Bertz CT molecular complexity index is 593. The van der Waals surface area contributed by atoms with Gasteiger partial charge in [0.05, 0.1) is 0 Å². The average molecular weight is 375 g/mol. The zero-order chi connectivity index (χ0) is 19.5. The summed E-state index contributed by atoms with van der Waals surface area (Å²) in [6.07, 6.45) is 5.83. The largest absolute Gasteiger partial charge is 0.356 e. The summed E-state index contributed by atoms with van der Waals surface area (Å²) in [5, 5.41) is 9.30. The Hall–Kier alpha value is -2.15. The number of hydrogen-bond acceptors (Lipinski definition) is 4. The highest BCUT2D eigenvalue weighted by Crippen LogP contribution is 2.15. The van der Waals surface area contributed by atoms with Gasteiger partial charge in [0.2, 0.25) is 5.91 Å². The monoisotopic (exact) mass is 374 g/mol. The highest BCUT2D eigenvalue weighted by molar-refractivity contribution is 5.90. The van der Waals surface area contributed by atoms with Crippen molar-refractivity contribution in [2.75, 3.05) is 45.1 Å². The van der Waals surface area contributed by atoms with E-state index in [1.54, 1.807) is 13.2 Å². The number of nitrogens with zero attached hydrogens (tertiary/aromatic N) is 3. The lowest BCUT2D eigenvalue weighted by Gasteiger charge is -2.30. The molecule has 0 saturated carbocycles. The highest BCUT2D eigenvalue weighted by Gasteiger charge is 2.14. The van der Waals surface area contributed by atoms with Crippen molar-refractivity contribution in [2.45, 2.75) is 39.5 Å². The molecule has 3 N–H and O–H groups in total. The maximum atomic E-state index is 12.0. The molecule has 1 fully saturated rings. The van der Waals surface area contributed by atoms with Crippen LogP contribution in [0.25, 0.3) is 0 Å². The van der Waals surface area contributed by atoms with Crippen molar-refractivity contribution in [3.63, 3.8) is 0 Å². The Labute approximate surface area is 163 Å². The van der Waals surface area contributed by atoms with Crippen LogP contribution in [0.2, 0.25) is 0 Å². The third-order valence-electron chi connectivity index (χ3n) is 4.87. The zero-order valence-electron chi connectivity index (χ0n) is 16.9. The minimum Gasteiger partial charge on any atom is -0.356 e. The van der Waals surface area contributed by atoms with Gasteiger partial charge in [-0.15, -0.1) is 0 Å². The van der Waals surface area contributed by atoms with Crippen LogP contribution in [0.15, 0.2) is 23.3 Å². The predicted octanol–water partition coefficient (Wildman–Crippen LogP) is 2.01. The molecule has 150 valence electrons. The number of piperidine rings is 1. The summed E-state index contributed by atoms with van der Waals surface area (Å²) in [5.41, 5.74) is 1.07. The van der Waals surface area contributed by atoms with E-state index in [1.807, 2.05) is 19.1 Å². The quantitative estimate of drug-likeness (QED) is 0.368. The predicted molar refractivity (Wildman–Crippen MR) is 111 cm³/mol. The fourth-order valence-corrected chi connectivity index (χ4v) is 3.06. The second-order valence-corrected chi connectivity index (χ2v) is 7.32. The van der Waals surface area contributed by atoms with E-state index < -0.39 is 0 Å². The zero-order valence-corrected chi connectivity index (χ0v) is 16.9. The van der Waals surface area contributed by atoms with Crippen molar-refractivity contribution >= 4 is 17.7 Å². The second kappa shape index (κ2) is 11.5. The molecular formula is C20H34N6O. The first-order chi connectivity index (χ1) is 13.1. The Morgan fingerprint density at radius 2 is 2.00 bits per heavy atom. The van der Waals surface area contributed by atoms with Gasteiger partial charge in [-0.05, 0) is 63.4 Å². The molecule has 2 rings (SSSR count). The number of amides is 1. The third-order valence-corrected chi connectivity index (χ3v) is 4.87. The van der Waals surface area contributed by atoms with Gasteiger partial charge < -0.3 is 20.9 Å². The maximum Gasteiger partial charge on any atom is 0.227 e. The molecular weight excluding hydrogens is 340 g/mol. The van der Waals surface area contributed by atoms with E-state index in [2.05, 4.69) is 37.8 Å². The lowest BCUT2D eigenvalue weighted by atomic mass is 9.99. The minimum atomic E-state index is -0.0615. The molecule has 2 heterocycles. The van der Waals surface area contributed by atoms with Crippen molar-refractivity contribution in [3.8, 4) is 0 Å². The molecule has 1 aromatic rings. The molecule has 7 nitrogen and oxygen atoms in total. The Kier molecular flexibility index (Phi) is 9.04. The van der Waals surface area contributed by atoms with Gasteiger partial charge >= 0.3 is 0 Å². The summed E-state index contributed by atoms with van der Waals surface area (Å²) in [5.74, 6) is 2.14. The number of pyridine rings is 1. The second-order valence-electron chi connectivity index (χ2n) is 7.32. The molecule has 0 bridgehead atoms. The van der Waals surface area contributed by atoms with Crippen LogP contribution < -0.4 is 16.0 Å². The molecule has 1 saturated heterocycles. The summed E-state index contributed by atoms with van der Waals surface area (Å²) in [7, 11) is 1.75. The normalized spacial score (nSPS) is 16.2. The molecule has 0 unspecified atom stereocenters. The molecule has 0 spiro atoms. The standard InChI is InChI=1S/C20H34N6O/c1-16-8-13-26(14-9-16)12-4-10-22-20(21-3)23-11-7-19(27)25-18-6-5-17(2)15-24-18/h5-6,15-16H,4,7-14H2,1-3H3,(H2,21,22,23)(H,24,25,27). The van der Waals surface area contributed by atoms with Crippen LogP contribution in [-0.4, -0.2) is 61.5 Å². The molecule has 27 heavy (non-hydrogen) atoms. The van der Waals surface area contributed by atoms with E-state index in [0.717, 1.165) is 37.0 Å². The van der Waals surface area contributed by atoms with E-state index in [1.165, 1.54) is 25.9 Å². The first-order valence-electron chi connectivity index (χ1n) is 9.96. The molecule has 1 aliphatic rings. The van der Waals surface area contributed by atoms with Gasteiger partial charge in [-0.2, -0.15) is 0 Å². The maximum absolute atomic E-state index is 12.0. The van der Waals surface area contributed by atoms with Crippen molar-refractivity contribution < 1.29 is 4.79 Å². The Morgan fingerprint density at radius 3 is 2.67 bits per heavy atom. The van der Waals surface area contributed by atoms with Crippen LogP contribution in [0, 0.1) is 12.8 Å². The summed E-state index contributed by atoms with van der Waals surface area (Å²) >= 11 is 0. The van der Waals surface area contributed by atoms with E-state index in [-0.39, 0.29) is 5.91 Å². The average Bonchev–Trinajstić information content (AvgIpc) is 2.67. The van der Waals surface area contributed by atoms with Crippen LogP contribution in [0.4, 0.5) is 5.82 Å². The number of carbonyl (C=O) groups is 1. The van der Waals surface area contributed by atoms with E-state index in [9.17, 15) is 4.79 Å². The molecule has 7 heteroatoms. The summed E-state index contributed by atoms with van der Waals surface area (Å²) < 4.78 is 0. The van der Waals surface area contributed by atoms with Crippen LogP contribution in [-0.2, 0) is 4.79 Å². The summed E-state index contributed by atoms with van der Waals surface area (Å²) in [4.78, 5) is 22.9. The number of rotatable bonds is 8.